The Morgan fingerprint density at radius 1 is 1.38 bits per heavy atom. The van der Waals surface area contributed by atoms with E-state index >= 15 is 0 Å². The molecule has 2 atom stereocenters. The lowest BCUT2D eigenvalue weighted by molar-refractivity contribution is -0.384. The number of hydrogen-bond acceptors (Lipinski definition) is 4. The van der Waals surface area contributed by atoms with Crippen LogP contribution in [0.25, 0.3) is 0 Å². The molecule has 1 N–H and O–H groups in total. The maximum Gasteiger partial charge on any atom is 0.270 e. The zero-order valence-corrected chi connectivity index (χ0v) is 16.0. The van der Waals surface area contributed by atoms with Gasteiger partial charge in [0, 0.05) is 25.2 Å². The van der Waals surface area contributed by atoms with Gasteiger partial charge in [0.05, 0.1) is 15.5 Å². The molecule has 1 aromatic rings. The molecular formula is C18H24ClN3O4. The minimum absolute atomic E-state index is 0.0155. The lowest BCUT2D eigenvalue weighted by atomic mass is 9.97. The molecule has 1 aliphatic heterocycles. The summed E-state index contributed by atoms with van der Waals surface area (Å²) >= 11 is 6.02. The highest BCUT2D eigenvalue weighted by Crippen LogP contribution is 2.23. The van der Waals surface area contributed by atoms with Crippen LogP contribution in [0.4, 0.5) is 5.69 Å². The zero-order chi connectivity index (χ0) is 19.4. The van der Waals surface area contributed by atoms with E-state index in [0.29, 0.717) is 19.0 Å². The average molecular weight is 382 g/mol. The van der Waals surface area contributed by atoms with E-state index in [1.807, 2.05) is 13.8 Å². The molecule has 0 aliphatic carbocycles. The van der Waals surface area contributed by atoms with E-state index in [4.69, 9.17) is 11.6 Å². The first-order valence-corrected chi connectivity index (χ1v) is 9.12. The normalized spacial score (nSPS) is 18.5. The van der Waals surface area contributed by atoms with Crippen molar-refractivity contribution in [2.75, 3.05) is 13.1 Å². The predicted octanol–water partition coefficient (Wildman–Crippen LogP) is 3.26. The topological polar surface area (TPSA) is 92.6 Å². The summed E-state index contributed by atoms with van der Waals surface area (Å²) in [6.45, 7) is 7.23. The predicted molar refractivity (Wildman–Crippen MR) is 99.2 cm³/mol. The summed E-state index contributed by atoms with van der Waals surface area (Å²) in [7, 11) is 0. The second kappa shape index (κ2) is 8.49. The van der Waals surface area contributed by atoms with Crippen LogP contribution in [0.15, 0.2) is 18.2 Å². The van der Waals surface area contributed by atoms with Crippen molar-refractivity contribution in [3.63, 3.8) is 0 Å². The van der Waals surface area contributed by atoms with Crippen molar-refractivity contribution in [3.05, 3.63) is 38.9 Å². The number of nitrogens with one attached hydrogen (secondary N) is 1. The van der Waals surface area contributed by atoms with Crippen LogP contribution >= 0.6 is 11.6 Å². The fourth-order valence-electron chi connectivity index (χ4n) is 3.12. The van der Waals surface area contributed by atoms with Crippen LogP contribution in [-0.4, -0.2) is 40.8 Å². The molecule has 2 rings (SSSR count). The molecular weight excluding hydrogens is 358 g/mol. The summed E-state index contributed by atoms with van der Waals surface area (Å²) in [5, 5.41) is 13.5. The average Bonchev–Trinajstić information content (AvgIpc) is 2.58. The molecule has 1 unspecified atom stereocenters. The first-order chi connectivity index (χ1) is 12.2. The number of halogens is 1. The van der Waals surface area contributed by atoms with Crippen LogP contribution in [0.5, 0.6) is 0 Å². The van der Waals surface area contributed by atoms with Crippen molar-refractivity contribution in [2.45, 2.75) is 39.7 Å². The number of carbonyl (C=O) groups excluding carboxylic acids is 2. The molecule has 1 aliphatic rings. The third-order valence-corrected chi connectivity index (χ3v) is 4.91. The van der Waals surface area contributed by atoms with Gasteiger partial charge in [0.2, 0.25) is 5.91 Å². The maximum absolute atomic E-state index is 12.9. The molecule has 26 heavy (non-hydrogen) atoms. The van der Waals surface area contributed by atoms with Crippen LogP contribution in [0, 0.1) is 22.0 Å². The van der Waals surface area contributed by atoms with E-state index < -0.39 is 16.9 Å². The summed E-state index contributed by atoms with van der Waals surface area (Å²) < 4.78 is 0. The van der Waals surface area contributed by atoms with Crippen LogP contribution in [0.1, 0.15) is 44.0 Å². The van der Waals surface area contributed by atoms with Crippen LogP contribution in [-0.2, 0) is 4.79 Å². The van der Waals surface area contributed by atoms with Crippen LogP contribution in [0.2, 0.25) is 5.02 Å². The molecule has 0 saturated carbocycles. The van der Waals surface area contributed by atoms with Crippen molar-refractivity contribution in [1.82, 2.24) is 10.2 Å². The lowest BCUT2D eigenvalue weighted by Gasteiger charge is -2.35. The van der Waals surface area contributed by atoms with Crippen molar-refractivity contribution in [2.24, 2.45) is 11.8 Å². The van der Waals surface area contributed by atoms with Gasteiger partial charge in [-0.2, -0.15) is 0 Å². The Kier molecular flexibility index (Phi) is 6.58. The van der Waals surface area contributed by atoms with E-state index in [2.05, 4.69) is 12.2 Å². The first kappa shape index (κ1) is 20.2. The number of benzene rings is 1. The molecule has 0 bridgehead atoms. The Morgan fingerprint density at radius 3 is 2.62 bits per heavy atom. The van der Waals surface area contributed by atoms with Gasteiger partial charge < -0.3 is 10.2 Å². The third kappa shape index (κ3) is 4.72. The fraction of sp³-hybridized carbons (Fsp3) is 0.556. The van der Waals surface area contributed by atoms with E-state index in [-0.39, 0.29) is 28.1 Å². The lowest BCUT2D eigenvalue weighted by Crippen LogP contribution is -2.53. The van der Waals surface area contributed by atoms with Crippen LogP contribution in [0.3, 0.4) is 0 Å². The minimum Gasteiger partial charge on any atom is -0.341 e. The second-order valence-corrected chi connectivity index (χ2v) is 7.56. The number of nitro groups is 1. The van der Waals surface area contributed by atoms with Crippen LogP contribution < -0.4 is 5.32 Å². The summed E-state index contributed by atoms with van der Waals surface area (Å²) in [6, 6.07) is 2.99. The fourth-order valence-corrected chi connectivity index (χ4v) is 3.38. The number of piperidine rings is 1. The standard InChI is InChI=1S/C18H24ClN3O4/c1-11(2)16(18(24)21-8-4-5-12(3)10-21)20-17(23)14-7-6-13(22(25)26)9-15(14)19/h6-7,9,11-12,16H,4-5,8,10H2,1-3H3,(H,20,23)/t12?,16-/m0/s1. The highest BCUT2D eigenvalue weighted by molar-refractivity contribution is 6.34. The van der Waals surface area contributed by atoms with Gasteiger partial charge in [-0.3, -0.25) is 19.7 Å². The Hall–Kier alpha value is -2.15. The van der Waals surface area contributed by atoms with Gasteiger partial charge in [-0.15, -0.1) is 0 Å². The number of nitro benzene ring substituents is 1. The highest BCUT2D eigenvalue weighted by Gasteiger charge is 2.31. The SMILES string of the molecule is CC1CCCN(C(=O)[C@@H](NC(=O)c2ccc([N+](=O)[O-])cc2Cl)C(C)C)C1. The monoisotopic (exact) mass is 381 g/mol. The third-order valence-electron chi connectivity index (χ3n) is 4.60. The number of carbonyl (C=O) groups is 2. The summed E-state index contributed by atoms with van der Waals surface area (Å²) in [5.74, 6) is -0.263. The number of amides is 2. The summed E-state index contributed by atoms with van der Waals surface area (Å²) in [4.78, 5) is 37.5. The van der Waals surface area contributed by atoms with E-state index in [1.54, 1.807) is 4.90 Å². The van der Waals surface area contributed by atoms with Crippen molar-refractivity contribution < 1.29 is 14.5 Å². The molecule has 7 nitrogen and oxygen atoms in total. The van der Waals surface area contributed by atoms with E-state index in [9.17, 15) is 19.7 Å². The quantitative estimate of drug-likeness (QED) is 0.625. The largest absolute Gasteiger partial charge is 0.341 e. The van der Waals surface area contributed by atoms with Crippen molar-refractivity contribution in [3.8, 4) is 0 Å². The number of rotatable bonds is 5. The number of hydrogen-bond donors (Lipinski definition) is 1. The Labute approximate surface area is 157 Å². The van der Waals surface area contributed by atoms with Crippen molar-refractivity contribution >= 4 is 29.1 Å². The molecule has 1 fully saturated rings. The molecule has 0 aromatic heterocycles. The van der Waals surface area contributed by atoms with E-state index in [1.165, 1.54) is 12.1 Å². The molecule has 0 radical (unpaired) electrons. The van der Waals surface area contributed by atoms with E-state index in [0.717, 1.165) is 18.9 Å². The zero-order valence-electron chi connectivity index (χ0n) is 15.2. The highest BCUT2D eigenvalue weighted by atomic mass is 35.5. The van der Waals surface area contributed by atoms with Gasteiger partial charge in [-0.1, -0.05) is 32.4 Å². The molecule has 1 saturated heterocycles. The number of nitrogens with zero attached hydrogens (tertiary/aromatic N) is 2. The molecule has 1 aromatic carbocycles. The Bertz CT molecular complexity index is 708. The summed E-state index contributed by atoms with van der Waals surface area (Å²) in [6.07, 6.45) is 2.06. The molecule has 2 amide bonds. The van der Waals surface area contributed by atoms with Gasteiger partial charge in [0.25, 0.3) is 11.6 Å². The van der Waals surface area contributed by atoms with Gasteiger partial charge in [-0.25, -0.2) is 0 Å². The molecule has 8 heteroatoms. The molecule has 0 spiro atoms. The smallest absolute Gasteiger partial charge is 0.270 e. The second-order valence-electron chi connectivity index (χ2n) is 7.15. The molecule has 1 heterocycles. The first-order valence-electron chi connectivity index (χ1n) is 8.74. The van der Waals surface area contributed by atoms with Crippen molar-refractivity contribution in [1.29, 1.82) is 0 Å². The maximum atomic E-state index is 12.9. The minimum atomic E-state index is -0.668. The Morgan fingerprint density at radius 2 is 2.08 bits per heavy atom. The van der Waals surface area contributed by atoms with Gasteiger partial charge >= 0.3 is 0 Å². The number of non-ortho nitro benzene ring substituents is 1. The van der Waals surface area contributed by atoms with Gasteiger partial charge in [0.15, 0.2) is 0 Å². The Balaban J connectivity index is 2.15. The summed E-state index contributed by atoms with van der Waals surface area (Å²) in [5.41, 5.74) is -0.0759. The molecule has 142 valence electrons. The van der Waals surface area contributed by atoms with Gasteiger partial charge in [-0.05, 0) is 30.7 Å². The number of likely N-dealkylation sites (tertiary alicyclic amines) is 1. The van der Waals surface area contributed by atoms with Gasteiger partial charge in [0.1, 0.15) is 6.04 Å².